The smallest absolute Gasteiger partial charge is 0.323 e. The summed E-state index contributed by atoms with van der Waals surface area (Å²) in [6.07, 6.45) is 0. The molecule has 0 radical (unpaired) electrons. The van der Waals surface area contributed by atoms with Gasteiger partial charge in [0.2, 0.25) is 0 Å². The second-order valence-corrected chi connectivity index (χ2v) is 16.6. The van der Waals surface area contributed by atoms with Crippen molar-refractivity contribution in [2.45, 2.75) is 14.7 Å². The topological polar surface area (TPSA) is 294 Å². The first-order chi connectivity index (χ1) is 27.4. The predicted octanol–water partition coefficient (Wildman–Crippen LogP) is 8.77. The van der Waals surface area contributed by atoms with Crippen LogP contribution in [0.4, 0.5) is 38.9 Å². The zero-order valence-electron chi connectivity index (χ0n) is 29.1. The lowest BCUT2D eigenvalue weighted by Crippen LogP contribution is -2.19. The summed E-state index contributed by atoms with van der Waals surface area (Å²) >= 11 is 0. The Bertz CT molecular complexity index is 3250. The summed E-state index contributed by atoms with van der Waals surface area (Å²) in [5, 5.41) is 43.5. The molecule has 21 heteroatoms. The standard InChI is InChI=1S/C37H26N6O12S3/c44-35-25-12-10-23(16-20(25)18-31(57(50,51)52)33(35)42-40-22-6-2-1-3-7-22)38-37(46)39-24-11-13-26-21(17-24)19-32(58(53,54)55)34(36(26)45)43-41-29-14-15-30(56(47,48)49)28-9-5-4-8-27(28)29/h1-19,44-45H,(H2,38,39,46)(H,47,48,49)(H,50,51,52)(H,53,54,55). The van der Waals surface area contributed by atoms with E-state index in [4.69, 9.17) is 0 Å². The molecule has 0 heterocycles. The van der Waals surface area contributed by atoms with Crippen LogP contribution in [0.5, 0.6) is 11.5 Å². The minimum Gasteiger partial charge on any atom is -0.505 e. The molecule has 0 aromatic heterocycles. The SMILES string of the molecule is O=C(Nc1ccc2c(O)c(N=Nc3ccccc3)c(S(=O)(=O)O)cc2c1)Nc1ccc2c(O)c(N=Nc3ccc(S(=O)(=O)O)c4ccccc34)c(S(=O)(=O)O)cc2c1. The first-order valence-corrected chi connectivity index (χ1v) is 20.7. The molecule has 0 atom stereocenters. The molecule has 7 N–H and O–H groups in total. The first kappa shape index (κ1) is 39.4. The van der Waals surface area contributed by atoms with Gasteiger partial charge in [0.05, 0.1) is 11.4 Å². The molecule has 18 nitrogen and oxygen atoms in total. The van der Waals surface area contributed by atoms with Gasteiger partial charge in [-0.15, -0.1) is 15.3 Å². The van der Waals surface area contributed by atoms with Crippen LogP contribution in [0.2, 0.25) is 0 Å². The number of carbonyl (C=O) groups is 1. The zero-order valence-corrected chi connectivity index (χ0v) is 31.5. The molecule has 0 saturated heterocycles. The van der Waals surface area contributed by atoms with E-state index in [9.17, 15) is 53.9 Å². The Morgan fingerprint density at radius 3 is 1.43 bits per heavy atom. The highest BCUT2D eigenvalue weighted by Gasteiger charge is 2.24. The number of benzene rings is 7. The highest BCUT2D eigenvalue weighted by molar-refractivity contribution is 7.86. The molecule has 58 heavy (non-hydrogen) atoms. The third-order valence-corrected chi connectivity index (χ3v) is 11.2. The van der Waals surface area contributed by atoms with E-state index in [0.29, 0.717) is 5.69 Å². The van der Waals surface area contributed by atoms with Crippen LogP contribution in [0.1, 0.15) is 0 Å². The first-order valence-electron chi connectivity index (χ1n) is 16.4. The fourth-order valence-corrected chi connectivity index (χ4v) is 8.02. The van der Waals surface area contributed by atoms with E-state index in [1.54, 1.807) is 36.4 Å². The van der Waals surface area contributed by atoms with Crippen molar-refractivity contribution in [1.29, 1.82) is 0 Å². The van der Waals surface area contributed by atoms with Gasteiger partial charge in [-0.1, -0.05) is 42.5 Å². The number of anilines is 2. The fourth-order valence-electron chi connectivity index (χ4n) is 6.01. The van der Waals surface area contributed by atoms with E-state index < -0.39 is 73.9 Å². The number of nitrogens with one attached hydrogen (secondary N) is 2. The van der Waals surface area contributed by atoms with Crippen molar-refractivity contribution < 1.29 is 53.9 Å². The number of urea groups is 1. The molecule has 0 spiro atoms. The van der Waals surface area contributed by atoms with E-state index >= 15 is 0 Å². The van der Waals surface area contributed by atoms with Crippen LogP contribution in [-0.2, 0) is 30.4 Å². The normalized spacial score (nSPS) is 12.5. The molecule has 2 amide bonds. The number of aromatic hydroxyl groups is 2. The molecule has 0 bridgehead atoms. The van der Waals surface area contributed by atoms with Crippen LogP contribution in [0.15, 0.2) is 150 Å². The maximum absolute atomic E-state index is 13.1. The Balaban J connectivity index is 1.17. The summed E-state index contributed by atoms with van der Waals surface area (Å²) in [5.74, 6) is -1.31. The van der Waals surface area contributed by atoms with Gasteiger partial charge in [0.25, 0.3) is 30.4 Å². The molecule has 0 aliphatic carbocycles. The Morgan fingerprint density at radius 1 is 0.466 bits per heavy atom. The third kappa shape index (κ3) is 8.02. The van der Waals surface area contributed by atoms with Crippen molar-refractivity contribution in [2.75, 3.05) is 10.6 Å². The largest absolute Gasteiger partial charge is 0.505 e. The molecular formula is C37H26N6O12S3. The molecule has 0 unspecified atom stereocenters. The number of hydrogen-bond donors (Lipinski definition) is 7. The number of nitrogens with zero attached hydrogens (tertiary/aromatic N) is 4. The second kappa shape index (κ2) is 14.9. The number of rotatable bonds is 9. The maximum Gasteiger partial charge on any atom is 0.323 e. The molecule has 294 valence electrons. The number of carbonyl (C=O) groups excluding carboxylic acids is 1. The maximum atomic E-state index is 13.1. The quantitative estimate of drug-likeness (QED) is 0.0530. The van der Waals surface area contributed by atoms with Crippen molar-refractivity contribution >= 4 is 103 Å². The Labute approximate surface area is 328 Å². The minimum atomic E-state index is -5.06. The van der Waals surface area contributed by atoms with Crippen LogP contribution >= 0.6 is 0 Å². The molecule has 0 aliphatic heterocycles. The molecule has 7 aromatic carbocycles. The van der Waals surface area contributed by atoms with Gasteiger partial charge >= 0.3 is 6.03 Å². The summed E-state index contributed by atoms with van der Waals surface area (Å²) in [7, 11) is -14.6. The summed E-state index contributed by atoms with van der Waals surface area (Å²) < 4.78 is 103. The molecular weight excluding hydrogens is 817 g/mol. The van der Waals surface area contributed by atoms with Gasteiger partial charge in [0.1, 0.15) is 26.1 Å². The Morgan fingerprint density at radius 2 is 0.931 bits per heavy atom. The van der Waals surface area contributed by atoms with Crippen LogP contribution in [0.3, 0.4) is 0 Å². The van der Waals surface area contributed by atoms with Crippen LogP contribution in [0, 0.1) is 0 Å². The van der Waals surface area contributed by atoms with Crippen molar-refractivity contribution in [3.05, 3.63) is 115 Å². The predicted molar refractivity (Wildman–Crippen MR) is 212 cm³/mol. The summed E-state index contributed by atoms with van der Waals surface area (Å²) in [6.45, 7) is 0. The van der Waals surface area contributed by atoms with Crippen LogP contribution < -0.4 is 10.6 Å². The Hall–Kier alpha value is -6.88. The third-order valence-electron chi connectivity index (χ3n) is 8.59. The van der Waals surface area contributed by atoms with E-state index in [1.807, 2.05) is 0 Å². The summed E-state index contributed by atoms with van der Waals surface area (Å²) in [4.78, 5) is 11.1. The molecule has 0 fully saturated rings. The van der Waals surface area contributed by atoms with Crippen molar-refractivity contribution in [3.8, 4) is 11.5 Å². The second-order valence-electron chi connectivity index (χ2n) is 12.4. The van der Waals surface area contributed by atoms with E-state index in [0.717, 1.165) is 18.2 Å². The van der Waals surface area contributed by atoms with E-state index in [-0.39, 0.29) is 49.4 Å². The average Bonchev–Trinajstić information content (AvgIpc) is 3.16. The highest BCUT2D eigenvalue weighted by atomic mass is 32.2. The summed E-state index contributed by atoms with van der Waals surface area (Å²) in [6, 6.07) is 25.8. The number of phenols is 2. The Kier molecular flexibility index (Phi) is 10.1. The highest BCUT2D eigenvalue weighted by Crippen LogP contribution is 2.44. The van der Waals surface area contributed by atoms with Gasteiger partial charge in [-0.25, -0.2) is 4.79 Å². The zero-order chi connectivity index (χ0) is 41.6. The molecule has 0 saturated carbocycles. The molecule has 0 aliphatic rings. The van der Waals surface area contributed by atoms with Crippen molar-refractivity contribution in [1.82, 2.24) is 0 Å². The van der Waals surface area contributed by atoms with Crippen LogP contribution in [-0.4, -0.2) is 55.2 Å². The van der Waals surface area contributed by atoms with Crippen LogP contribution in [0.25, 0.3) is 32.3 Å². The van der Waals surface area contributed by atoms with Crippen molar-refractivity contribution in [2.24, 2.45) is 20.5 Å². The van der Waals surface area contributed by atoms with Gasteiger partial charge in [-0.3, -0.25) is 13.7 Å². The minimum absolute atomic E-state index is 0.0315. The van der Waals surface area contributed by atoms with Gasteiger partial charge < -0.3 is 20.8 Å². The molecule has 7 aromatic rings. The lowest BCUT2D eigenvalue weighted by atomic mass is 10.1. The number of fused-ring (bicyclic) bond motifs is 3. The van der Waals surface area contributed by atoms with Gasteiger partial charge in [0, 0.05) is 32.9 Å². The lowest BCUT2D eigenvalue weighted by Gasteiger charge is -2.13. The average molecular weight is 843 g/mol. The fraction of sp³-hybridized carbons (Fsp3) is 0. The van der Waals surface area contributed by atoms with Gasteiger partial charge in [0.15, 0.2) is 11.5 Å². The lowest BCUT2D eigenvalue weighted by molar-refractivity contribution is 0.262. The molecule has 7 rings (SSSR count). The van der Waals surface area contributed by atoms with Gasteiger partial charge in [-0.05, 0) is 83.6 Å². The monoisotopic (exact) mass is 842 g/mol. The van der Waals surface area contributed by atoms with Gasteiger partial charge in [-0.2, -0.15) is 30.4 Å². The van der Waals surface area contributed by atoms with E-state index in [1.165, 1.54) is 60.7 Å². The van der Waals surface area contributed by atoms with Crippen molar-refractivity contribution in [3.63, 3.8) is 0 Å². The number of phenolic OH excluding ortho intramolecular Hbond substituents is 2. The van der Waals surface area contributed by atoms with E-state index in [2.05, 4.69) is 31.1 Å². The number of amides is 2. The number of hydrogen-bond acceptors (Lipinski definition) is 13. The number of azo groups is 2. The summed E-state index contributed by atoms with van der Waals surface area (Å²) in [5.41, 5.74) is -0.567.